The Morgan fingerprint density at radius 2 is 2.47 bits per heavy atom. The summed E-state index contributed by atoms with van der Waals surface area (Å²) in [5.41, 5.74) is -0.0327. The molecule has 2 rings (SSSR count). The molecule has 0 fully saturated rings. The molecule has 0 atom stereocenters. The van der Waals surface area contributed by atoms with Gasteiger partial charge in [-0.25, -0.2) is 0 Å². The second-order valence-electron chi connectivity index (χ2n) is 2.76. The summed E-state index contributed by atoms with van der Waals surface area (Å²) >= 11 is 0. The molecule has 0 aliphatic rings. The predicted molar refractivity (Wildman–Crippen MR) is 45.7 cm³/mol. The molecule has 0 aromatic carbocycles. The second-order valence-corrected chi connectivity index (χ2v) is 2.76. The fourth-order valence-corrected chi connectivity index (χ4v) is 1.05. The molecule has 2 aromatic rings. The summed E-state index contributed by atoms with van der Waals surface area (Å²) in [6, 6.07) is 0. The summed E-state index contributed by atoms with van der Waals surface area (Å²) in [6.07, 6.45) is 3.04. The molecule has 15 heavy (non-hydrogen) atoms. The van der Waals surface area contributed by atoms with Crippen molar-refractivity contribution in [1.29, 1.82) is 0 Å². The first-order valence-corrected chi connectivity index (χ1v) is 4.10. The van der Waals surface area contributed by atoms with E-state index >= 15 is 0 Å². The molecule has 78 valence electrons. The van der Waals surface area contributed by atoms with Crippen LogP contribution in [0.4, 0.5) is 5.69 Å². The lowest BCUT2D eigenvalue weighted by Gasteiger charge is -1.99. The zero-order valence-electron chi connectivity index (χ0n) is 7.52. The Morgan fingerprint density at radius 3 is 3.07 bits per heavy atom. The SMILES string of the molecule is O=[N+]([O-])c1cnn(CCc2nnn[n-]2)c1. The van der Waals surface area contributed by atoms with Gasteiger partial charge in [-0.05, 0) is 6.42 Å². The smallest absolute Gasteiger partial charge is 0.306 e. The number of nitrogens with zero attached hydrogens (tertiary/aromatic N) is 7. The van der Waals surface area contributed by atoms with E-state index in [4.69, 9.17) is 0 Å². The van der Waals surface area contributed by atoms with Crippen LogP contribution in [-0.4, -0.2) is 30.2 Å². The maximum Gasteiger partial charge on any atom is 0.306 e. The average molecular weight is 208 g/mol. The molecule has 0 bridgehead atoms. The molecule has 9 nitrogen and oxygen atoms in total. The first-order chi connectivity index (χ1) is 7.25. The predicted octanol–water partition coefficient (Wildman–Crippen LogP) is -0.824. The lowest BCUT2D eigenvalue weighted by molar-refractivity contribution is -0.385. The Balaban J connectivity index is 1.96. The van der Waals surface area contributed by atoms with Gasteiger partial charge in [0.05, 0.1) is 4.92 Å². The second kappa shape index (κ2) is 3.82. The first-order valence-electron chi connectivity index (χ1n) is 4.10. The zero-order chi connectivity index (χ0) is 10.7. The van der Waals surface area contributed by atoms with Gasteiger partial charge in [0, 0.05) is 12.4 Å². The minimum absolute atomic E-state index is 0.0327. The molecule has 0 unspecified atom stereocenters. The third kappa shape index (κ3) is 2.13. The van der Waals surface area contributed by atoms with Crippen molar-refractivity contribution >= 4 is 5.69 Å². The van der Waals surface area contributed by atoms with Gasteiger partial charge in [0.15, 0.2) is 0 Å². The molecule has 0 saturated carbocycles. The minimum atomic E-state index is -0.494. The number of tetrazole rings is 1. The zero-order valence-corrected chi connectivity index (χ0v) is 7.52. The molecule has 0 aliphatic heterocycles. The van der Waals surface area contributed by atoms with Gasteiger partial charge < -0.3 is 5.10 Å². The third-order valence-corrected chi connectivity index (χ3v) is 1.76. The van der Waals surface area contributed by atoms with Crippen LogP contribution in [-0.2, 0) is 13.0 Å². The van der Waals surface area contributed by atoms with Crippen LogP contribution < -0.4 is 5.10 Å². The van der Waals surface area contributed by atoms with E-state index in [0.29, 0.717) is 18.8 Å². The lowest BCUT2D eigenvalue weighted by Crippen LogP contribution is -2.03. The van der Waals surface area contributed by atoms with E-state index < -0.39 is 4.92 Å². The van der Waals surface area contributed by atoms with Crippen LogP contribution in [0.15, 0.2) is 12.4 Å². The van der Waals surface area contributed by atoms with Gasteiger partial charge >= 0.3 is 5.69 Å². The van der Waals surface area contributed by atoms with Gasteiger partial charge in [0.25, 0.3) is 0 Å². The van der Waals surface area contributed by atoms with E-state index in [9.17, 15) is 10.1 Å². The van der Waals surface area contributed by atoms with E-state index in [2.05, 4.69) is 25.7 Å². The van der Waals surface area contributed by atoms with Crippen molar-refractivity contribution in [3.8, 4) is 0 Å². The monoisotopic (exact) mass is 208 g/mol. The topological polar surface area (TPSA) is 114 Å². The Labute approximate surface area is 83.3 Å². The van der Waals surface area contributed by atoms with Crippen LogP contribution in [0.3, 0.4) is 0 Å². The third-order valence-electron chi connectivity index (χ3n) is 1.76. The highest BCUT2D eigenvalue weighted by Gasteiger charge is 2.07. The Bertz CT molecular complexity index is 448. The lowest BCUT2D eigenvalue weighted by atomic mass is 10.4. The normalized spacial score (nSPS) is 10.4. The Hall–Kier alpha value is -2.32. The molecule has 0 aliphatic carbocycles. The number of hydrogen-bond acceptors (Lipinski definition) is 6. The number of hydrogen-bond donors (Lipinski definition) is 0. The van der Waals surface area contributed by atoms with Crippen LogP contribution in [0.1, 0.15) is 5.82 Å². The molecule has 2 aromatic heterocycles. The van der Waals surface area contributed by atoms with E-state index in [1.807, 2.05) is 0 Å². The van der Waals surface area contributed by atoms with Gasteiger partial charge in [0.2, 0.25) is 0 Å². The van der Waals surface area contributed by atoms with E-state index in [0.717, 1.165) is 0 Å². The highest BCUT2D eigenvalue weighted by Crippen LogP contribution is 2.07. The molecule has 0 N–H and O–H groups in total. The number of aromatic nitrogens is 6. The van der Waals surface area contributed by atoms with Crippen LogP contribution in [0.5, 0.6) is 0 Å². The summed E-state index contributed by atoms with van der Waals surface area (Å²) in [7, 11) is 0. The number of rotatable bonds is 4. The van der Waals surface area contributed by atoms with Gasteiger partial charge in [-0.2, -0.15) is 10.3 Å². The van der Waals surface area contributed by atoms with Crippen molar-refractivity contribution in [3.05, 3.63) is 28.3 Å². The Kier molecular flexibility index (Phi) is 2.35. The maximum absolute atomic E-state index is 10.4. The molecular weight excluding hydrogens is 202 g/mol. The van der Waals surface area contributed by atoms with Gasteiger partial charge in [-0.3, -0.25) is 25.1 Å². The number of nitro groups is 1. The van der Waals surface area contributed by atoms with Gasteiger partial charge in [0.1, 0.15) is 12.4 Å². The molecule has 0 saturated heterocycles. The van der Waals surface area contributed by atoms with Crippen LogP contribution >= 0.6 is 0 Å². The first kappa shape index (κ1) is 9.24. The fraction of sp³-hybridized carbons (Fsp3) is 0.333. The quantitative estimate of drug-likeness (QED) is 0.476. The van der Waals surface area contributed by atoms with Crippen molar-refractivity contribution in [1.82, 2.24) is 30.4 Å². The van der Waals surface area contributed by atoms with Crippen LogP contribution in [0.25, 0.3) is 0 Å². The van der Waals surface area contributed by atoms with E-state index in [-0.39, 0.29) is 5.69 Å². The highest BCUT2D eigenvalue weighted by molar-refractivity contribution is 5.20. The standard InChI is InChI=1S/C6H6N7O2/c14-13(15)5-3-7-12(4-5)2-1-6-8-10-11-9-6/h3-4H,1-2H2/q-1. The summed E-state index contributed by atoms with van der Waals surface area (Å²) in [5, 5.41) is 28.1. The minimum Gasteiger partial charge on any atom is -0.335 e. The molecule has 2 heterocycles. The summed E-state index contributed by atoms with van der Waals surface area (Å²) in [4.78, 5) is 9.86. The van der Waals surface area contributed by atoms with Crippen molar-refractivity contribution in [2.24, 2.45) is 0 Å². The van der Waals surface area contributed by atoms with Crippen molar-refractivity contribution in [3.63, 3.8) is 0 Å². The van der Waals surface area contributed by atoms with Crippen molar-refractivity contribution < 1.29 is 4.92 Å². The molecule has 0 spiro atoms. The summed E-state index contributed by atoms with van der Waals surface area (Å²) < 4.78 is 1.45. The average Bonchev–Trinajstić information content (AvgIpc) is 2.86. The molecule has 0 amide bonds. The molecule has 0 radical (unpaired) electrons. The van der Waals surface area contributed by atoms with Crippen LogP contribution in [0, 0.1) is 10.1 Å². The van der Waals surface area contributed by atoms with Crippen LogP contribution in [0.2, 0.25) is 0 Å². The number of aryl methyl sites for hydroxylation is 2. The van der Waals surface area contributed by atoms with Crippen molar-refractivity contribution in [2.45, 2.75) is 13.0 Å². The highest BCUT2D eigenvalue weighted by atomic mass is 16.6. The molecule has 9 heteroatoms. The molecular formula is C6H6N7O2-. The van der Waals surface area contributed by atoms with E-state index in [1.54, 1.807) is 0 Å². The van der Waals surface area contributed by atoms with Gasteiger partial charge in [-0.1, -0.05) is 0 Å². The van der Waals surface area contributed by atoms with E-state index in [1.165, 1.54) is 17.1 Å². The summed E-state index contributed by atoms with van der Waals surface area (Å²) in [5.74, 6) is 0.494. The fourth-order valence-electron chi connectivity index (χ4n) is 1.05. The summed E-state index contributed by atoms with van der Waals surface area (Å²) in [6.45, 7) is 0.460. The Morgan fingerprint density at radius 1 is 1.60 bits per heavy atom. The largest absolute Gasteiger partial charge is 0.335 e. The maximum atomic E-state index is 10.4. The van der Waals surface area contributed by atoms with Crippen molar-refractivity contribution in [2.75, 3.05) is 0 Å². The van der Waals surface area contributed by atoms with Gasteiger partial charge in [-0.15, -0.1) is 0 Å².